The molecule has 0 aliphatic heterocycles. The maximum absolute atomic E-state index is 11.3. The third-order valence-corrected chi connectivity index (χ3v) is 6.30. The summed E-state index contributed by atoms with van der Waals surface area (Å²) in [5, 5.41) is 7.08. The fourth-order valence-electron chi connectivity index (χ4n) is 4.27. The van der Waals surface area contributed by atoms with E-state index in [4.69, 9.17) is 13.7 Å². The first-order chi connectivity index (χ1) is 15.0. The lowest BCUT2D eigenvalue weighted by Gasteiger charge is -2.25. The predicted octanol–water partition coefficient (Wildman–Crippen LogP) is 4.64. The van der Waals surface area contributed by atoms with Crippen molar-refractivity contribution in [2.75, 3.05) is 6.61 Å². The molecule has 3 aromatic heterocycles. The van der Waals surface area contributed by atoms with Crippen molar-refractivity contribution in [2.24, 2.45) is 5.92 Å². The number of carbonyl (C=O) groups excluding carboxylic acids is 1. The molecule has 0 aromatic carbocycles. The van der Waals surface area contributed by atoms with Crippen molar-refractivity contribution in [3.05, 3.63) is 35.5 Å². The van der Waals surface area contributed by atoms with Crippen LogP contribution in [0.1, 0.15) is 87.6 Å². The van der Waals surface area contributed by atoms with Crippen molar-refractivity contribution in [1.29, 1.82) is 0 Å². The van der Waals surface area contributed by atoms with Crippen LogP contribution in [-0.2, 0) is 4.79 Å². The average Bonchev–Trinajstić information content (AvgIpc) is 3.29. The number of carbonyl (C=O) groups is 1. The van der Waals surface area contributed by atoms with Crippen LogP contribution in [0.15, 0.2) is 27.1 Å². The lowest BCUT2D eigenvalue weighted by Crippen LogP contribution is -2.23. The van der Waals surface area contributed by atoms with Crippen LogP contribution < -0.4 is 10.1 Å². The summed E-state index contributed by atoms with van der Waals surface area (Å²) in [6, 6.07) is 5.59. The van der Waals surface area contributed by atoms with E-state index in [1.807, 2.05) is 25.1 Å². The van der Waals surface area contributed by atoms with E-state index in [1.165, 1.54) is 19.8 Å². The monoisotopic (exact) mass is 424 g/mol. The Hall–Kier alpha value is -2.90. The highest BCUT2D eigenvalue weighted by molar-refractivity contribution is 5.73. The molecule has 5 rings (SSSR count). The SMILES string of the molecule is CC(=O)N[C@@H](C)c1cc(C2CCC(c3nc4ccc(OCC5CC5)nc4o3)CC2)no1. The van der Waals surface area contributed by atoms with E-state index in [1.54, 1.807) is 0 Å². The second-order valence-corrected chi connectivity index (χ2v) is 8.91. The zero-order valence-electron chi connectivity index (χ0n) is 18.0. The largest absolute Gasteiger partial charge is 0.477 e. The molecule has 0 saturated heterocycles. The molecule has 8 nitrogen and oxygen atoms in total. The van der Waals surface area contributed by atoms with E-state index in [9.17, 15) is 4.79 Å². The Morgan fingerprint density at radius 3 is 2.68 bits per heavy atom. The lowest BCUT2D eigenvalue weighted by atomic mass is 9.80. The first-order valence-electron chi connectivity index (χ1n) is 11.2. The van der Waals surface area contributed by atoms with E-state index in [-0.39, 0.29) is 17.9 Å². The first kappa shape index (κ1) is 20.0. The van der Waals surface area contributed by atoms with Crippen LogP contribution in [0.5, 0.6) is 5.88 Å². The molecule has 2 aliphatic carbocycles. The molecule has 1 N–H and O–H groups in total. The summed E-state index contributed by atoms with van der Waals surface area (Å²) < 4.78 is 17.2. The lowest BCUT2D eigenvalue weighted by molar-refractivity contribution is -0.119. The molecule has 8 heteroatoms. The number of nitrogens with one attached hydrogen (secondary N) is 1. The van der Waals surface area contributed by atoms with Gasteiger partial charge in [0.05, 0.1) is 18.3 Å². The zero-order valence-corrected chi connectivity index (χ0v) is 18.0. The van der Waals surface area contributed by atoms with Gasteiger partial charge < -0.3 is 19.0 Å². The minimum Gasteiger partial charge on any atom is -0.477 e. The molecular weight excluding hydrogens is 396 g/mol. The zero-order chi connectivity index (χ0) is 21.4. The highest BCUT2D eigenvalue weighted by Crippen LogP contribution is 2.41. The van der Waals surface area contributed by atoms with E-state index in [0.717, 1.165) is 49.4 Å². The van der Waals surface area contributed by atoms with Gasteiger partial charge in [0.1, 0.15) is 5.52 Å². The minimum atomic E-state index is -0.180. The molecule has 0 bridgehead atoms. The molecule has 2 fully saturated rings. The molecule has 3 heterocycles. The molecule has 2 aliphatic rings. The number of rotatable bonds is 7. The van der Waals surface area contributed by atoms with Crippen LogP contribution in [0.3, 0.4) is 0 Å². The Kier molecular flexibility index (Phi) is 5.38. The second-order valence-electron chi connectivity index (χ2n) is 8.91. The molecule has 0 spiro atoms. The third-order valence-electron chi connectivity index (χ3n) is 6.30. The number of aromatic nitrogens is 3. The topological polar surface area (TPSA) is 103 Å². The van der Waals surface area contributed by atoms with Gasteiger partial charge in [-0.05, 0) is 57.4 Å². The van der Waals surface area contributed by atoms with Crippen LogP contribution in [0.4, 0.5) is 0 Å². The minimum absolute atomic E-state index is 0.0830. The highest BCUT2D eigenvalue weighted by Gasteiger charge is 2.29. The van der Waals surface area contributed by atoms with Crippen molar-refractivity contribution in [3.63, 3.8) is 0 Å². The molecular formula is C23H28N4O4. The number of ether oxygens (including phenoxy) is 1. The Balaban J connectivity index is 1.20. The Bertz CT molecular complexity index is 1060. The van der Waals surface area contributed by atoms with Gasteiger partial charge in [-0.1, -0.05) is 5.16 Å². The van der Waals surface area contributed by atoms with Crippen molar-refractivity contribution in [1.82, 2.24) is 20.4 Å². The number of nitrogens with zero attached hydrogens (tertiary/aromatic N) is 3. The third kappa shape index (κ3) is 4.57. The van der Waals surface area contributed by atoms with Crippen molar-refractivity contribution in [3.8, 4) is 5.88 Å². The first-order valence-corrected chi connectivity index (χ1v) is 11.2. The average molecular weight is 425 g/mol. The summed E-state index contributed by atoms with van der Waals surface area (Å²) in [7, 11) is 0. The summed E-state index contributed by atoms with van der Waals surface area (Å²) in [6.07, 6.45) is 6.45. The van der Waals surface area contributed by atoms with Crippen molar-refractivity contribution < 1.29 is 18.5 Å². The van der Waals surface area contributed by atoms with E-state index in [0.29, 0.717) is 29.2 Å². The standard InChI is InChI=1S/C23H28N4O4/c1-13(24-14(2)28)20-11-19(27-31-20)16-5-7-17(8-6-16)22-25-18-9-10-21(26-23(18)30-22)29-12-15-3-4-15/h9-11,13,15-17H,3-8,12H2,1-2H3,(H,24,28)/t13-,16?,17?/m0/s1. The summed E-state index contributed by atoms with van der Waals surface area (Å²) in [5.41, 5.74) is 2.30. The molecule has 164 valence electrons. The number of pyridine rings is 1. The Morgan fingerprint density at radius 2 is 1.94 bits per heavy atom. The fraction of sp³-hybridized carbons (Fsp3) is 0.565. The van der Waals surface area contributed by atoms with Gasteiger partial charge in [0.25, 0.3) is 0 Å². The summed E-state index contributed by atoms with van der Waals surface area (Å²) in [5.74, 6) is 3.31. The number of hydrogen-bond donors (Lipinski definition) is 1. The summed E-state index contributed by atoms with van der Waals surface area (Å²) >= 11 is 0. The number of amides is 1. The number of fused-ring (bicyclic) bond motifs is 1. The van der Waals surface area contributed by atoms with Gasteiger partial charge >= 0.3 is 0 Å². The van der Waals surface area contributed by atoms with Gasteiger partial charge in [0, 0.05) is 30.9 Å². The summed E-state index contributed by atoms with van der Waals surface area (Å²) in [6.45, 7) is 4.13. The van der Waals surface area contributed by atoms with Gasteiger partial charge in [-0.25, -0.2) is 4.98 Å². The van der Waals surface area contributed by atoms with Crippen LogP contribution in [0.2, 0.25) is 0 Å². The van der Waals surface area contributed by atoms with E-state index < -0.39 is 0 Å². The van der Waals surface area contributed by atoms with Crippen molar-refractivity contribution in [2.45, 2.75) is 70.3 Å². The van der Waals surface area contributed by atoms with Gasteiger partial charge in [-0.3, -0.25) is 4.79 Å². The molecule has 2 saturated carbocycles. The summed E-state index contributed by atoms with van der Waals surface area (Å²) in [4.78, 5) is 20.4. The van der Waals surface area contributed by atoms with Gasteiger partial charge in [0.2, 0.25) is 23.4 Å². The molecule has 0 radical (unpaired) electrons. The van der Waals surface area contributed by atoms with Crippen LogP contribution in [0.25, 0.3) is 11.2 Å². The Labute approximate surface area is 180 Å². The quantitative estimate of drug-likeness (QED) is 0.589. The fourth-order valence-corrected chi connectivity index (χ4v) is 4.27. The van der Waals surface area contributed by atoms with Gasteiger partial charge in [-0.15, -0.1) is 0 Å². The molecule has 1 amide bonds. The second kappa shape index (κ2) is 8.32. The van der Waals surface area contributed by atoms with Gasteiger partial charge in [0.15, 0.2) is 5.76 Å². The van der Waals surface area contributed by atoms with E-state index >= 15 is 0 Å². The van der Waals surface area contributed by atoms with Crippen LogP contribution in [0, 0.1) is 5.92 Å². The molecule has 31 heavy (non-hydrogen) atoms. The highest BCUT2D eigenvalue weighted by atomic mass is 16.5. The van der Waals surface area contributed by atoms with Crippen LogP contribution >= 0.6 is 0 Å². The number of oxazole rings is 1. The maximum Gasteiger partial charge on any atom is 0.250 e. The van der Waals surface area contributed by atoms with E-state index in [2.05, 4.69) is 20.4 Å². The van der Waals surface area contributed by atoms with Gasteiger partial charge in [-0.2, -0.15) is 4.98 Å². The van der Waals surface area contributed by atoms with Crippen molar-refractivity contribution >= 4 is 17.1 Å². The smallest absolute Gasteiger partial charge is 0.250 e. The molecule has 3 aromatic rings. The molecule has 1 atom stereocenters. The number of hydrogen-bond acceptors (Lipinski definition) is 7. The molecule has 0 unspecified atom stereocenters. The maximum atomic E-state index is 11.3. The normalized spacial score (nSPS) is 22.4. The Morgan fingerprint density at radius 1 is 1.16 bits per heavy atom. The van der Waals surface area contributed by atoms with Crippen LogP contribution in [-0.4, -0.2) is 27.6 Å². The predicted molar refractivity (Wildman–Crippen MR) is 113 cm³/mol.